The second-order valence-electron chi connectivity index (χ2n) is 5.96. The lowest BCUT2D eigenvalue weighted by molar-refractivity contribution is 0.415. The fourth-order valence-electron chi connectivity index (χ4n) is 3.21. The highest BCUT2D eigenvalue weighted by Gasteiger charge is 2.09. The summed E-state index contributed by atoms with van der Waals surface area (Å²) in [5.41, 5.74) is 4.89. The first-order valence-electron chi connectivity index (χ1n) is 8.05. The van der Waals surface area contributed by atoms with Gasteiger partial charge in [-0.15, -0.1) is 0 Å². The number of hydrogen-bond donors (Lipinski definition) is 0. The van der Waals surface area contributed by atoms with Crippen molar-refractivity contribution in [3.05, 3.63) is 78.9 Å². The van der Waals surface area contributed by atoms with E-state index in [0.717, 1.165) is 5.75 Å². The third-order valence-electron chi connectivity index (χ3n) is 4.53. The lowest BCUT2D eigenvalue weighted by Crippen LogP contribution is -1.94. The van der Waals surface area contributed by atoms with Gasteiger partial charge in [0.2, 0.25) is 0 Å². The summed E-state index contributed by atoms with van der Waals surface area (Å²) in [6.45, 7) is 0. The predicted octanol–water partition coefficient (Wildman–Crippen LogP) is 5.52. The monoisotopic (exact) mass is 313 g/mol. The number of benzene rings is 3. The van der Waals surface area contributed by atoms with Crippen LogP contribution in [0.4, 0.5) is 0 Å². The maximum atomic E-state index is 5.30. The zero-order chi connectivity index (χ0) is 16.5. The average Bonchev–Trinajstić information content (AvgIpc) is 3.03. The molecule has 3 aromatic carbocycles. The number of fused-ring (bicyclic) bond motifs is 1. The van der Waals surface area contributed by atoms with E-state index in [1.54, 1.807) is 7.11 Å². The molecule has 2 heteroatoms. The Balaban J connectivity index is 1.79. The first-order chi connectivity index (χ1) is 11.8. The maximum absolute atomic E-state index is 5.30. The van der Waals surface area contributed by atoms with Gasteiger partial charge in [0, 0.05) is 18.4 Å². The SMILES string of the molecule is COc1ccc2cc(-c3ccc(-c4ccccc4)n3C)ccc2c1. The van der Waals surface area contributed by atoms with Gasteiger partial charge in [0.1, 0.15) is 5.75 Å². The van der Waals surface area contributed by atoms with Crippen molar-refractivity contribution in [2.75, 3.05) is 7.11 Å². The number of hydrogen-bond acceptors (Lipinski definition) is 1. The van der Waals surface area contributed by atoms with E-state index in [4.69, 9.17) is 4.74 Å². The van der Waals surface area contributed by atoms with E-state index in [2.05, 4.69) is 78.3 Å². The highest BCUT2D eigenvalue weighted by Crippen LogP contribution is 2.30. The van der Waals surface area contributed by atoms with Crippen LogP contribution in [0.15, 0.2) is 78.9 Å². The average molecular weight is 313 g/mol. The molecule has 24 heavy (non-hydrogen) atoms. The van der Waals surface area contributed by atoms with Gasteiger partial charge in [-0.3, -0.25) is 0 Å². The van der Waals surface area contributed by atoms with Crippen molar-refractivity contribution in [3.8, 4) is 28.3 Å². The van der Waals surface area contributed by atoms with Gasteiger partial charge in [-0.1, -0.05) is 48.5 Å². The first kappa shape index (κ1) is 14.6. The highest BCUT2D eigenvalue weighted by atomic mass is 16.5. The van der Waals surface area contributed by atoms with Crippen LogP contribution in [0.2, 0.25) is 0 Å². The van der Waals surface area contributed by atoms with Crippen LogP contribution in [0.1, 0.15) is 0 Å². The zero-order valence-electron chi connectivity index (χ0n) is 13.9. The minimum Gasteiger partial charge on any atom is -0.497 e. The first-order valence-corrected chi connectivity index (χ1v) is 8.05. The molecule has 0 aliphatic heterocycles. The molecule has 0 unspecified atom stereocenters. The Labute approximate surface area is 141 Å². The van der Waals surface area contributed by atoms with Gasteiger partial charge >= 0.3 is 0 Å². The van der Waals surface area contributed by atoms with E-state index >= 15 is 0 Å². The van der Waals surface area contributed by atoms with Crippen molar-refractivity contribution in [3.63, 3.8) is 0 Å². The second-order valence-corrected chi connectivity index (χ2v) is 5.96. The molecule has 0 spiro atoms. The van der Waals surface area contributed by atoms with Crippen molar-refractivity contribution < 1.29 is 4.74 Å². The van der Waals surface area contributed by atoms with Crippen LogP contribution in [-0.4, -0.2) is 11.7 Å². The van der Waals surface area contributed by atoms with Gasteiger partial charge in [-0.05, 0) is 52.2 Å². The van der Waals surface area contributed by atoms with Gasteiger partial charge in [0.15, 0.2) is 0 Å². The third kappa shape index (κ3) is 2.46. The molecular weight excluding hydrogens is 294 g/mol. The van der Waals surface area contributed by atoms with E-state index in [9.17, 15) is 0 Å². The summed E-state index contributed by atoms with van der Waals surface area (Å²) in [6, 6.07) is 27.6. The Hall–Kier alpha value is -3.00. The zero-order valence-corrected chi connectivity index (χ0v) is 13.9. The van der Waals surface area contributed by atoms with Crippen LogP contribution >= 0.6 is 0 Å². The summed E-state index contributed by atoms with van der Waals surface area (Å²) < 4.78 is 7.55. The Kier molecular flexibility index (Phi) is 3.58. The fraction of sp³-hybridized carbons (Fsp3) is 0.0909. The Morgan fingerprint density at radius 3 is 2.08 bits per heavy atom. The van der Waals surface area contributed by atoms with Gasteiger partial charge < -0.3 is 9.30 Å². The van der Waals surface area contributed by atoms with Crippen LogP contribution in [0.5, 0.6) is 5.75 Å². The molecule has 0 aliphatic rings. The Morgan fingerprint density at radius 1 is 0.667 bits per heavy atom. The van der Waals surface area contributed by atoms with Gasteiger partial charge in [0.05, 0.1) is 7.11 Å². The number of nitrogens with zero attached hydrogens (tertiary/aromatic N) is 1. The summed E-state index contributed by atoms with van der Waals surface area (Å²) in [6.07, 6.45) is 0. The maximum Gasteiger partial charge on any atom is 0.119 e. The van der Waals surface area contributed by atoms with Gasteiger partial charge in [0.25, 0.3) is 0 Å². The standard InChI is InChI=1S/C22H19NO/c1-23-21(16-6-4-3-5-7-16)12-13-22(23)19-9-8-18-15-20(24-2)11-10-17(18)14-19/h3-15H,1-2H3. The van der Waals surface area contributed by atoms with Crippen molar-refractivity contribution >= 4 is 10.8 Å². The van der Waals surface area contributed by atoms with Gasteiger partial charge in [-0.25, -0.2) is 0 Å². The van der Waals surface area contributed by atoms with Gasteiger partial charge in [-0.2, -0.15) is 0 Å². The molecule has 0 aliphatic carbocycles. The molecule has 0 N–H and O–H groups in total. The quantitative estimate of drug-likeness (QED) is 0.485. The molecule has 0 saturated carbocycles. The molecule has 4 rings (SSSR count). The molecule has 0 atom stereocenters. The summed E-state index contributed by atoms with van der Waals surface area (Å²) in [7, 11) is 3.82. The van der Waals surface area contributed by atoms with E-state index < -0.39 is 0 Å². The lowest BCUT2D eigenvalue weighted by Gasteiger charge is -2.10. The van der Waals surface area contributed by atoms with Crippen molar-refractivity contribution in [2.24, 2.45) is 7.05 Å². The van der Waals surface area contributed by atoms with E-state index in [0.29, 0.717) is 0 Å². The molecule has 0 saturated heterocycles. The largest absolute Gasteiger partial charge is 0.497 e. The van der Waals surface area contributed by atoms with Crippen LogP contribution in [0.25, 0.3) is 33.3 Å². The Morgan fingerprint density at radius 2 is 1.33 bits per heavy atom. The summed E-state index contributed by atoms with van der Waals surface area (Å²) in [5, 5.41) is 2.41. The molecule has 4 aromatic rings. The molecular formula is C22H19NO. The molecule has 118 valence electrons. The van der Waals surface area contributed by atoms with E-state index in [1.165, 1.54) is 33.3 Å². The number of ether oxygens (including phenoxy) is 1. The topological polar surface area (TPSA) is 14.2 Å². The molecule has 0 radical (unpaired) electrons. The molecule has 0 fully saturated rings. The molecule has 1 heterocycles. The Bertz CT molecular complexity index is 999. The number of methoxy groups -OCH3 is 1. The van der Waals surface area contributed by atoms with Crippen molar-refractivity contribution in [2.45, 2.75) is 0 Å². The minimum atomic E-state index is 0.889. The van der Waals surface area contributed by atoms with Crippen LogP contribution in [0, 0.1) is 0 Å². The molecule has 0 bridgehead atoms. The van der Waals surface area contributed by atoms with E-state index in [-0.39, 0.29) is 0 Å². The smallest absolute Gasteiger partial charge is 0.119 e. The molecule has 0 amide bonds. The summed E-state index contributed by atoms with van der Waals surface area (Å²) >= 11 is 0. The summed E-state index contributed by atoms with van der Waals surface area (Å²) in [5.74, 6) is 0.889. The van der Waals surface area contributed by atoms with Crippen LogP contribution in [-0.2, 0) is 7.05 Å². The minimum absolute atomic E-state index is 0.889. The van der Waals surface area contributed by atoms with Crippen molar-refractivity contribution in [1.82, 2.24) is 4.57 Å². The van der Waals surface area contributed by atoms with Crippen LogP contribution in [0.3, 0.4) is 0 Å². The number of rotatable bonds is 3. The lowest BCUT2D eigenvalue weighted by atomic mass is 10.0. The number of aromatic nitrogens is 1. The van der Waals surface area contributed by atoms with Crippen molar-refractivity contribution in [1.29, 1.82) is 0 Å². The van der Waals surface area contributed by atoms with E-state index in [1.807, 2.05) is 12.1 Å². The summed E-state index contributed by atoms with van der Waals surface area (Å²) in [4.78, 5) is 0. The molecule has 2 nitrogen and oxygen atoms in total. The predicted molar refractivity (Wildman–Crippen MR) is 100 cm³/mol. The second kappa shape index (κ2) is 5.89. The van der Waals surface area contributed by atoms with Crippen LogP contribution < -0.4 is 4.74 Å². The molecule has 1 aromatic heterocycles. The third-order valence-corrected chi connectivity index (χ3v) is 4.53. The highest BCUT2D eigenvalue weighted by molar-refractivity contribution is 5.88. The fourth-order valence-corrected chi connectivity index (χ4v) is 3.21. The normalized spacial score (nSPS) is 10.9.